The average molecular weight is 298 g/mol. The SMILES string of the molecule is IC1C=C(Oc2ccccc2)C=CC1. The van der Waals surface area contributed by atoms with E-state index < -0.39 is 0 Å². The molecule has 0 spiro atoms. The molecule has 1 aromatic carbocycles. The maximum absolute atomic E-state index is 5.70. The Morgan fingerprint density at radius 3 is 2.71 bits per heavy atom. The van der Waals surface area contributed by atoms with E-state index in [0.717, 1.165) is 17.9 Å². The van der Waals surface area contributed by atoms with Gasteiger partial charge in [0.1, 0.15) is 11.5 Å². The first-order chi connectivity index (χ1) is 6.84. The first kappa shape index (κ1) is 9.77. The number of rotatable bonds is 2. The van der Waals surface area contributed by atoms with Crippen LogP contribution in [-0.2, 0) is 0 Å². The molecular weight excluding hydrogens is 287 g/mol. The van der Waals surface area contributed by atoms with Crippen LogP contribution in [0.5, 0.6) is 5.75 Å². The lowest BCUT2D eigenvalue weighted by molar-refractivity contribution is 0.440. The van der Waals surface area contributed by atoms with Gasteiger partial charge in [0.15, 0.2) is 0 Å². The molecule has 0 fully saturated rings. The van der Waals surface area contributed by atoms with Gasteiger partial charge >= 0.3 is 0 Å². The summed E-state index contributed by atoms with van der Waals surface area (Å²) >= 11 is 2.41. The number of benzene rings is 1. The molecule has 1 atom stereocenters. The number of hydrogen-bond acceptors (Lipinski definition) is 1. The predicted molar refractivity (Wildman–Crippen MR) is 66.7 cm³/mol. The Bertz CT molecular complexity index is 354. The summed E-state index contributed by atoms with van der Waals surface area (Å²) in [6.45, 7) is 0. The number of hydrogen-bond donors (Lipinski definition) is 0. The highest BCUT2D eigenvalue weighted by atomic mass is 127. The van der Waals surface area contributed by atoms with Gasteiger partial charge in [-0.3, -0.25) is 0 Å². The van der Waals surface area contributed by atoms with Crippen molar-refractivity contribution in [1.82, 2.24) is 0 Å². The fourth-order valence-electron chi connectivity index (χ4n) is 1.31. The molecule has 0 bridgehead atoms. The number of allylic oxidation sites excluding steroid dienone is 3. The maximum Gasteiger partial charge on any atom is 0.127 e. The van der Waals surface area contributed by atoms with Crippen molar-refractivity contribution < 1.29 is 4.74 Å². The van der Waals surface area contributed by atoms with Gasteiger partial charge < -0.3 is 4.74 Å². The van der Waals surface area contributed by atoms with Crippen LogP contribution >= 0.6 is 22.6 Å². The zero-order chi connectivity index (χ0) is 9.80. The third kappa shape index (κ3) is 2.61. The maximum atomic E-state index is 5.70. The standard InChI is InChI=1S/C12H11IO/c13-10-5-4-8-12(9-10)14-11-6-2-1-3-7-11/h1-4,6-10H,5H2. The fraction of sp³-hybridized carbons (Fsp3) is 0.167. The van der Waals surface area contributed by atoms with E-state index in [2.05, 4.69) is 34.7 Å². The van der Waals surface area contributed by atoms with Crippen LogP contribution in [0.1, 0.15) is 6.42 Å². The quantitative estimate of drug-likeness (QED) is 0.597. The lowest BCUT2D eigenvalue weighted by Gasteiger charge is -2.12. The van der Waals surface area contributed by atoms with E-state index in [1.807, 2.05) is 36.4 Å². The summed E-state index contributed by atoms with van der Waals surface area (Å²) in [5.41, 5.74) is 0. The molecule has 1 aliphatic rings. The molecule has 1 nitrogen and oxygen atoms in total. The lowest BCUT2D eigenvalue weighted by Crippen LogP contribution is -2.02. The topological polar surface area (TPSA) is 9.23 Å². The van der Waals surface area contributed by atoms with E-state index in [1.54, 1.807) is 0 Å². The first-order valence-corrected chi connectivity index (χ1v) is 5.84. The minimum atomic E-state index is 0.552. The Balaban J connectivity index is 2.08. The second-order valence-electron chi connectivity index (χ2n) is 3.14. The molecule has 0 saturated heterocycles. The normalized spacial score (nSPS) is 20.4. The van der Waals surface area contributed by atoms with Gasteiger partial charge in [0.25, 0.3) is 0 Å². The molecule has 0 aromatic heterocycles. The van der Waals surface area contributed by atoms with Crippen LogP contribution in [0.25, 0.3) is 0 Å². The molecule has 0 saturated carbocycles. The van der Waals surface area contributed by atoms with Crippen LogP contribution in [0, 0.1) is 0 Å². The Labute approximate surface area is 97.6 Å². The Hall–Kier alpha value is -0.770. The molecule has 2 heteroatoms. The third-order valence-electron chi connectivity index (χ3n) is 1.97. The predicted octanol–water partition coefficient (Wildman–Crippen LogP) is 3.71. The molecule has 1 aliphatic carbocycles. The van der Waals surface area contributed by atoms with E-state index in [4.69, 9.17) is 4.74 Å². The van der Waals surface area contributed by atoms with Gasteiger partial charge in [-0.2, -0.15) is 0 Å². The van der Waals surface area contributed by atoms with Crippen LogP contribution in [-0.4, -0.2) is 3.92 Å². The van der Waals surface area contributed by atoms with Gasteiger partial charge in [0.2, 0.25) is 0 Å². The fourth-order valence-corrected chi connectivity index (χ4v) is 1.96. The zero-order valence-corrected chi connectivity index (χ0v) is 9.85. The second-order valence-corrected chi connectivity index (χ2v) is 4.74. The summed E-state index contributed by atoms with van der Waals surface area (Å²) in [4.78, 5) is 0. The average Bonchev–Trinajstić information content (AvgIpc) is 2.19. The summed E-state index contributed by atoms with van der Waals surface area (Å²) in [6, 6.07) is 9.87. The summed E-state index contributed by atoms with van der Waals surface area (Å²) in [6.07, 6.45) is 7.42. The lowest BCUT2D eigenvalue weighted by atomic mass is 10.2. The molecule has 0 aliphatic heterocycles. The van der Waals surface area contributed by atoms with Gasteiger partial charge in [-0.25, -0.2) is 0 Å². The monoisotopic (exact) mass is 298 g/mol. The molecule has 0 N–H and O–H groups in total. The molecule has 2 rings (SSSR count). The first-order valence-electron chi connectivity index (χ1n) is 4.60. The minimum Gasteiger partial charge on any atom is -0.458 e. The van der Waals surface area contributed by atoms with Gasteiger partial charge in [-0.1, -0.05) is 46.9 Å². The second kappa shape index (κ2) is 4.64. The van der Waals surface area contributed by atoms with Crippen molar-refractivity contribution in [1.29, 1.82) is 0 Å². The van der Waals surface area contributed by atoms with Crippen molar-refractivity contribution in [2.24, 2.45) is 0 Å². The molecule has 0 amide bonds. The van der Waals surface area contributed by atoms with Crippen LogP contribution in [0.4, 0.5) is 0 Å². The van der Waals surface area contributed by atoms with Crippen molar-refractivity contribution in [2.45, 2.75) is 10.3 Å². The van der Waals surface area contributed by atoms with Crippen LogP contribution in [0.2, 0.25) is 0 Å². The van der Waals surface area contributed by atoms with Gasteiger partial charge in [-0.05, 0) is 30.7 Å². The van der Waals surface area contributed by atoms with Crippen molar-refractivity contribution >= 4 is 22.6 Å². The molecule has 0 radical (unpaired) electrons. The van der Waals surface area contributed by atoms with E-state index >= 15 is 0 Å². The van der Waals surface area contributed by atoms with Crippen molar-refractivity contribution in [3.63, 3.8) is 0 Å². The number of halogens is 1. The van der Waals surface area contributed by atoms with Gasteiger partial charge in [0, 0.05) is 3.92 Å². The largest absolute Gasteiger partial charge is 0.458 e. The summed E-state index contributed by atoms with van der Waals surface area (Å²) < 4.78 is 6.25. The molecule has 72 valence electrons. The van der Waals surface area contributed by atoms with Crippen molar-refractivity contribution in [3.05, 3.63) is 54.3 Å². The Kier molecular flexibility index (Phi) is 3.24. The van der Waals surface area contributed by atoms with E-state index in [1.165, 1.54) is 0 Å². The molecular formula is C12H11IO. The molecule has 0 heterocycles. The summed E-state index contributed by atoms with van der Waals surface area (Å²) in [7, 11) is 0. The highest BCUT2D eigenvalue weighted by Crippen LogP contribution is 2.20. The Morgan fingerprint density at radius 2 is 2.00 bits per heavy atom. The highest BCUT2D eigenvalue weighted by Gasteiger charge is 2.06. The molecule has 14 heavy (non-hydrogen) atoms. The molecule has 1 unspecified atom stereocenters. The van der Waals surface area contributed by atoms with Crippen LogP contribution < -0.4 is 4.74 Å². The van der Waals surface area contributed by atoms with E-state index in [-0.39, 0.29) is 0 Å². The van der Waals surface area contributed by atoms with Crippen LogP contribution in [0.15, 0.2) is 54.3 Å². The van der Waals surface area contributed by atoms with E-state index in [9.17, 15) is 0 Å². The van der Waals surface area contributed by atoms with Crippen molar-refractivity contribution in [3.8, 4) is 5.75 Å². The van der Waals surface area contributed by atoms with Crippen molar-refractivity contribution in [2.75, 3.05) is 0 Å². The van der Waals surface area contributed by atoms with Crippen LogP contribution in [0.3, 0.4) is 0 Å². The van der Waals surface area contributed by atoms with Gasteiger partial charge in [0.05, 0.1) is 0 Å². The summed E-state index contributed by atoms with van der Waals surface area (Å²) in [5, 5.41) is 0. The Morgan fingerprint density at radius 1 is 1.21 bits per heavy atom. The number of alkyl halides is 1. The minimum absolute atomic E-state index is 0.552. The zero-order valence-electron chi connectivity index (χ0n) is 7.69. The number of ether oxygens (including phenoxy) is 1. The smallest absolute Gasteiger partial charge is 0.127 e. The van der Waals surface area contributed by atoms with E-state index in [0.29, 0.717) is 3.92 Å². The summed E-state index contributed by atoms with van der Waals surface area (Å²) in [5.74, 6) is 1.84. The number of para-hydroxylation sites is 1. The highest BCUT2D eigenvalue weighted by molar-refractivity contribution is 14.1. The third-order valence-corrected chi connectivity index (χ3v) is 2.84. The molecule has 1 aromatic rings. The van der Waals surface area contributed by atoms with Gasteiger partial charge in [-0.15, -0.1) is 0 Å².